The van der Waals surface area contributed by atoms with Gasteiger partial charge in [0.05, 0.1) is 0 Å². The average molecular weight is 541 g/mol. The molecule has 0 bridgehead atoms. The zero-order valence-corrected chi connectivity index (χ0v) is 23.6. The van der Waals surface area contributed by atoms with Crippen LogP contribution in [0.15, 0.2) is 66.9 Å². The molecule has 3 N–H and O–H groups in total. The third kappa shape index (κ3) is 6.21. The Morgan fingerprint density at radius 3 is 2.65 bits per heavy atom. The number of carbonyl (C=O) groups is 1. The molecule has 2 aromatic carbocycles. The summed E-state index contributed by atoms with van der Waals surface area (Å²) in [5, 5.41) is 10.7. The van der Waals surface area contributed by atoms with Gasteiger partial charge in [0.25, 0.3) is 0 Å². The van der Waals surface area contributed by atoms with Crippen molar-refractivity contribution in [2.75, 3.05) is 26.8 Å². The summed E-state index contributed by atoms with van der Waals surface area (Å²) in [6, 6.07) is 20.0. The molecule has 5 rings (SSSR count). The maximum absolute atomic E-state index is 13.4. The van der Waals surface area contributed by atoms with Gasteiger partial charge in [-0.2, -0.15) is 0 Å². The van der Waals surface area contributed by atoms with E-state index in [1.807, 2.05) is 23.1 Å². The maximum atomic E-state index is 13.4. The Kier molecular flexibility index (Phi) is 8.82. The number of aromatic nitrogens is 2. The quantitative estimate of drug-likeness (QED) is 0.262. The highest BCUT2D eigenvalue weighted by molar-refractivity contribution is 5.85. The van der Waals surface area contributed by atoms with Crippen LogP contribution in [0.2, 0.25) is 0 Å². The molecule has 210 valence electrons. The summed E-state index contributed by atoms with van der Waals surface area (Å²) in [5.74, 6) is 0.463. The molecular formula is C33H40N4O3. The largest absolute Gasteiger partial charge is 0.493 e. The van der Waals surface area contributed by atoms with Crippen molar-refractivity contribution in [1.82, 2.24) is 14.5 Å². The van der Waals surface area contributed by atoms with Crippen molar-refractivity contribution in [3.05, 3.63) is 83.7 Å². The Bertz CT molecular complexity index is 1430. The van der Waals surface area contributed by atoms with Crippen LogP contribution in [0.25, 0.3) is 22.0 Å². The first-order valence-corrected chi connectivity index (χ1v) is 14.3. The lowest BCUT2D eigenvalue weighted by Crippen LogP contribution is -2.42. The minimum atomic E-state index is -0.240. The van der Waals surface area contributed by atoms with Crippen molar-refractivity contribution in [3.8, 4) is 17.0 Å². The number of aromatic hydroxyl groups is 1. The van der Waals surface area contributed by atoms with Crippen molar-refractivity contribution in [1.29, 1.82) is 0 Å². The van der Waals surface area contributed by atoms with Crippen LogP contribution in [-0.2, 0) is 22.5 Å². The molecule has 0 spiro atoms. The lowest BCUT2D eigenvalue weighted by atomic mass is 9.91. The highest BCUT2D eigenvalue weighted by Gasteiger charge is 2.29. The monoisotopic (exact) mass is 540 g/mol. The fourth-order valence-corrected chi connectivity index (χ4v) is 6.18. The number of methoxy groups -OCH3 is 1. The van der Waals surface area contributed by atoms with E-state index in [0.717, 1.165) is 62.2 Å². The summed E-state index contributed by atoms with van der Waals surface area (Å²) in [7, 11) is 1.75. The topological polar surface area (TPSA) is 93.6 Å². The SMILES string of the molecule is COCCCn1c([C@H]2CCCN(C(=O)C[C@H](N)Cc3ccc(-c4ccc(O)nc4)cc3)C2)c(C)c2ccccc21. The van der Waals surface area contributed by atoms with Gasteiger partial charge in [-0.25, -0.2) is 4.98 Å². The number of hydrogen-bond donors (Lipinski definition) is 2. The molecule has 2 aromatic heterocycles. The van der Waals surface area contributed by atoms with E-state index in [1.165, 1.54) is 22.2 Å². The van der Waals surface area contributed by atoms with Gasteiger partial charge in [-0.3, -0.25) is 4.79 Å². The fraction of sp³-hybridized carbons (Fsp3) is 0.394. The third-order valence-electron chi connectivity index (χ3n) is 8.13. The lowest BCUT2D eigenvalue weighted by Gasteiger charge is -2.34. The van der Waals surface area contributed by atoms with Crippen LogP contribution >= 0.6 is 0 Å². The molecule has 1 aliphatic heterocycles. The number of nitrogens with two attached hydrogens (primary N) is 1. The number of benzene rings is 2. The number of rotatable bonds is 10. The van der Waals surface area contributed by atoms with Gasteiger partial charge < -0.3 is 25.0 Å². The number of piperidine rings is 1. The number of carbonyl (C=O) groups excluding carboxylic acids is 1. The molecule has 0 saturated carbocycles. The van der Waals surface area contributed by atoms with Gasteiger partial charge in [0, 0.05) is 86.2 Å². The highest BCUT2D eigenvalue weighted by Crippen LogP contribution is 2.36. The van der Waals surface area contributed by atoms with Crippen molar-refractivity contribution in [2.45, 2.75) is 57.5 Å². The molecule has 0 radical (unpaired) electrons. The van der Waals surface area contributed by atoms with Crippen molar-refractivity contribution < 1.29 is 14.6 Å². The molecule has 7 nitrogen and oxygen atoms in total. The average Bonchev–Trinajstić information content (AvgIpc) is 3.25. The molecule has 2 atom stereocenters. The first-order chi connectivity index (χ1) is 19.4. The van der Waals surface area contributed by atoms with Gasteiger partial charge in [0.15, 0.2) is 0 Å². The minimum Gasteiger partial charge on any atom is -0.493 e. The van der Waals surface area contributed by atoms with E-state index in [2.05, 4.69) is 52.9 Å². The van der Waals surface area contributed by atoms with Gasteiger partial charge in [0.2, 0.25) is 11.8 Å². The second-order valence-corrected chi connectivity index (χ2v) is 11.0. The number of nitrogens with zero attached hydrogens (tertiary/aromatic N) is 3. The van der Waals surface area contributed by atoms with E-state index in [9.17, 15) is 9.90 Å². The molecule has 3 heterocycles. The molecule has 7 heteroatoms. The lowest BCUT2D eigenvalue weighted by molar-refractivity contribution is -0.132. The summed E-state index contributed by atoms with van der Waals surface area (Å²) in [4.78, 5) is 19.4. The molecule has 0 unspecified atom stereocenters. The molecule has 4 aromatic rings. The fourth-order valence-electron chi connectivity index (χ4n) is 6.18. The smallest absolute Gasteiger partial charge is 0.224 e. The molecule has 1 aliphatic rings. The van der Waals surface area contributed by atoms with Crippen LogP contribution in [-0.4, -0.2) is 58.3 Å². The summed E-state index contributed by atoms with van der Waals surface area (Å²) in [6.45, 7) is 5.40. The number of fused-ring (bicyclic) bond motifs is 1. The van der Waals surface area contributed by atoms with Crippen molar-refractivity contribution in [3.63, 3.8) is 0 Å². The Morgan fingerprint density at radius 1 is 1.12 bits per heavy atom. The first-order valence-electron chi connectivity index (χ1n) is 14.3. The van der Waals surface area contributed by atoms with Crippen molar-refractivity contribution >= 4 is 16.8 Å². The van der Waals surface area contributed by atoms with E-state index >= 15 is 0 Å². The number of amides is 1. The number of ether oxygens (including phenoxy) is 1. The molecule has 0 aliphatic carbocycles. The Morgan fingerprint density at radius 2 is 1.90 bits per heavy atom. The normalized spacial score (nSPS) is 16.4. The maximum Gasteiger partial charge on any atom is 0.224 e. The van der Waals surface area contributed by atoms with E-state index in [1.54, 1.807) is 19.4 Å². The van der Waals surface area contributed by atoms with Crippen LogP contribution in [0.4, 0.5) is 0 Å². The predicted octanol–water partition coefficient (Wildman–Crippen LogP) is 5.42. The van der Waals surface area contributed by atoms with E-state index in [4.69, 9.17) is 10.5 Å². The van der Waals surface area contributed by atoms with E-state index in [0.29, 0.717) is 18.8 Å². The number of hydrogen-bond acceptors (Lipinski definition) is 5. The second-order valence-electron chi connectivity index (χ2n) is 11.0. The first kappa shape index (κ1) is 27.9. The van der Waals surface area contributed by atoms with E-state index < -0.39 is 0 Å². The van der Waals surface area contributed by atoms with Crippen LogP contribution < -0.4 is 5.73 Å². The number of pyridine rings is 1. The molecular weight excluding hydrogens is 500 g/mol. The minimum absolute atomic E-state index is 0.00985. The summed E-state index contributed by atoms with van der Waals surface area (Å²) < 4.78 is 7.80. The predicted molar refractivity (Wildman–Crippen MR) is 159 cm³/mol. The van der Waals surface area contributed by atoms with Crippen molar-refractivity contribution in [2.24, 2.45) is 5.73 Å². The van der Waals surface area contributed by atoms with Gasteiger partial charge in [0.1, 0.15) is 0 Å². The van der Waals surface area contributed by atoms with Crippen LogP contribution in [0.1, 0.15) is 48.4 Å². The molecule has 1 amide bonds. The number of para-hydroxylation sites is 1. The van der Waals surface area contributed by atoms with E-state index in [-0.39, 0.29) is 17.8 Å². The van der Waals surface area contributed by atoms with Crippen LogP contribution in [0, 0.1) is 6.92 Å². The third-order valence-corrected chi connectivity index (χ3v) is 8.13. The van der Waals surface area contributed by atoms with Crippen LogP contribution in [0.5, 0.6) is 5.88 Å². The van der Waals surface area contributed by atoms with Gasteiger partial charge in [-0.1, -0.05) is 42.5 Å². The summed E-state index contributed by atoms with van der Waals surface area (Å²) in [6.07, 6.45) is 5.68. The van der Waals surface area contributed by atoms with Gasteiger partial charge in [-0.15, -0.1) is 0 Å². The molecule has 40 heavy (non-hydrogen) atoms. The molecule has 1 saturated heterocycles. The number of aryl methyl sites for hydroxylation is 2. The van der Waals surface area contributed by atoms with Gasteiger partial charge >= 0.3 is 0 Å². The standard InChI is InChI=1S/C33H40N4O3/c1-23-29-8-3-4-9-30(29)37(17-6-18-40-2)33(23)27-7-5-16-36(22-27)32(39)20-28(34)19-24-10-12-25(13-11-24)26-14-15-31(38)35-21-26/h3-4,8-15,21,27-28H,5-7,16-20,22,34H2,1-2H3,(H,35,38)/t27-,28+/m0/s1. The number of likely N-dealkylation sites (tertiary alicyclic amines) is 1. The van der Waals surface area contributed by atoms with Crippen LogP contribution in [0.3, 0.4) is 0 Å². The Labute approximate surface area is 236 Å². The molecule has 1 fully saturated rings. The Balaban J connectivity index is 1.23. The summed E-state index contributed by atoms with van der Waals surface area (Å²) >= 11 is 0. The Hall–Kier alpha value is -3.68. The van der Waals surface area contributed by atoms with Gasteiger partial charge in [-0.05, 0) is 61.4 Å². The highest BCUT2D eigenvalue weighted by atomic mass is 16.5. The summed E-state index contributed by atoms with van der Waals surface area (Å²) in [5.41, 5.74) is 13.5. The second kappa shape index (κ2) is 12.7. The zero-order chi connectivity index (χ0) is 28.1. The zero-order valence-electron chi connectivity index (χ0n) is 23.6.